The summed E-state index contributed by atoms with van der Waals surface area (Å²) in [6, 6.07) is 14.5. The lowest BCUT2D eigenvalue weighted by Crippen LogP contribution is -2.51. The van der Waals surface area contributed by atoms with Crippen molar-refractivity contribution in [1.82, 2.24) is 4.90 Å². The van der Waals surface area contributed by atoms with Crippen LogP contribution in [0.25, 0.3) is 0 Å². The molecule has 2 amide bonds. The Hall–Kier alpha value is -2.95. The summed E-state index contributed by atoms with van der Waals surface area (Å²) in [6.45, 7) is 4.02. The molecule has 0 aromatic heterocycles. The van der Waals surface area contributed by atoms with E-state index in [1.165, 1.54) is 0 Å². The lowest BCUT2D eigenvalue weighted by Gasteiger charge is -2.38. The monoisotopic (exact) mass is 375 g/mol. The van der Waals surface area contributed by atoms with Gasteiger partial charge in [0.1, 0.15) is 17.4 Å². The molecule has 2 aromatic rings. The maximum atomic E-state index is 13.5. The van der Waals surface area contributed by atoms with Crippen LogP contribution in [0.15, 0.2) is 53.5 Å². The Labute approximate surface area is 165 Å². The van der Waals surface area contributed by atoms with Gasteiger partial charge in [0.2, 0.25) is 5.91 Å². The van der Waals surface area contributed by atoms with E-state index in [1.807, 2.05) is 62.4 Å². The van der Waals surface area contributed by atoms with E-state index in [9.17, 15) is 9.59 Å². The highest BCUT2D eigenvalue weighted by Crippen LogP contribution is 2.45. The fourth-order valence-corrected chi connectivity index (χ4v) is 4.42. The van der Waals surface area contributed by atoms with E-state index in [4.69, 9.17) is 10.7 Å². The van der Waals surface area contributed by atoms with Crippen molar-refractivity contribution in [2.24, 2.45) is 10.7 Å². The highest BCUT2D eigenvalue weighted by molar-refractivity contribution is 6.47. The number of aryl methyl sites for hydroxylation is 2. The van der Waals surface area contributed by atoms with E-state index in [1.54, 1.807) is 4.90 Å². The van der Waals surface area contributed by atoms with E-state index in [2.05, 4.69) is 0 Å². The van der Waals surface area contributed by atoms with Crippen LogP contribution in [-0.4, -0.2) is 28.1 Å². The summed E-state index contributed by atoms with van der Waals surface area (Å²) in [4.78, 5) is 32.7. The zero-order chi connectivity index (χ0) is 19.9. The molecular formula is C23H25N3O2. The number of hydrogen-bond donors (Lipinski definition) is 1. The Kier molecular flexibility index (Phi) is 4.53. The van der Waals surface area contributed by atoms with Crippen molar-refractivity contribution in [2.45, 2.75) is 51.2 Å². The Bertz CT molecular complexity index is 959. The molecule has 1 fully saturated rings. The third kappa shape index (κ3) is 2.91. The quantitative estimate of drug-likeness (QED) is 0.889. The van der Waals surface area contributed by atoms with Gasteiger partial charge in [-0.05, 0) is 56.2 Å². The number of carbonyl (C=O) groups is 2. The van der Waals surface area contributed by atoms with Crippen LogP contribution in [-0.2, 0) is 9.59 Å². The molecule has 1 saturated carbocycles. The molecule has 2 aliphatic rings. The Morgan fingerprint density at radius 3 is 2.36 bits per heavy atom. The second-order valence-electron chi connectivity index (χ2n) is 7.84. The van der Waals surface area contributed by atoms with Crippen LogP contribution in [0.1, 0.15) is 54.0 Å². The normalized spacial score (nSPS) is 19.1. The van der Waals surface area contributed by atoms with Gasteiger partial charge < -0.3 is 5.73 Å². The third-order valence-corrected chi connectivity index (χ3v) is 6.02. The van der Waals surface area contributed by atoms with Gasteiger partial charge in [0, 0.05) is 5.56 Å². The largest absolute Gasteiger partial charge is 0.368 e. The van der Waals surface area contributed by atoms with Gasteiger partial charge >= 0.3 is 0 Å². The van der Waals surface area contributed by atoms with E-state index < -0.39 is 17.6 Å². The van der Waals surface area contributed by atoms with Crippen molar-refractivity contribution in [3.8, 4) is 0 Å². The standard InChI is InChI=1S/C23H25N3O2/c1-15-10-11-18(14-16(15)2)20(21(24)27)26-22(28)19(17-8-4-3-5-9-17)25-23(26)12-6-7-13-23/h3-5,8-11,14,20H,6-7,12-13H2,1-2H3,(H2,24,27). The Morgan fingerprint density at radius 1 is 1.07 bits per heavy atom. The van der Waals surface area contributed by atoms with Crippen LogP contribution < -0.4 is 5.73 Å². The third-order valence-electron chi connectivity index (χ3n) is 6.02. The molecule has 1 heterocycles. The smallest absolute Gasteiger partial charge is 0.275 e. The topological polar surface area (TPSA) is 75.8 Å². The molecule has 144 valence electrons. The minimum atomic E-state index is -0.824. The Morgan fingerprint density at radius 2 is 1.75 bits per heavy atom. The first kappa shape index (κ1) is 18.4. The lowest BCUT2D eigenvalue weighted by molar-refractivity contribution is -0.139. The van der Waals surface area contributed by atoms with Crippen LogP contribution in [0.2, 0.25) is 0 Å². The number of nitrogens with zero attached hydrogens (tertiary/aromatic N) is 2. The van der Waals surface area contributed by atoms with Crippen LogP contribution >= 0.6 is 0 Å². The number of rotatable bonds is 4. The minimum absolute atomic E-state index is 0.213. The maximum absolute atomic E-state index is 13.5. The van der Waals surface area contributed by atoms with Crippen molar-refractivity contribution in [3.63, 3.8) is 0 Å². The van der Waals surface area contributed by atoms with Gasteiger partial charge in [0.15, 0.2) is 0 Å². The zero-order valence-electron chi connectivity index (χ0n) is 16.3. The number of hydrogen-bond acceptors (Lipinski definition) is 3. The predicted molar refractivity (Wildman–Crippen MR) is 109 cm³/mol. The predicted octanol–water partition coefficient (Wildman–Crippen LogP) is 3.43. The Balaban J connectivity index is 1.83. The molecule has 1 aliphatic carbocycles. The molecule has 0 bridgehead atoms. The molecule has 1 aliphatic heterocycles. The average molecular weight is 375 g/mol. The average Bonchev–Trinajstić information content (AvgIpc) is 3.26. The number of aliphatic imine (C=N–C) groups is 1. The summed E-state index contributed by atoms with van der Waals surface area (Å²) >= 11 is 0. The van der Waals surface area contributed by atoms with Gasteiger partial charge in [-0.15, -0.1) is 0 Å². The number of amides is 2. The van der Waals surface area contributed by atoms with Gasteiger partial charge in [-0.1, -0.05) is 48.5 Å². The fraction of sp³-hybridized carbons (Fsp3) is 0.348. The number of nitrogens with two attached hydrogens (primary N) is 1. The molecule has 1 unspecified atom stereocenters. The molecule has 2 aromatic carbocycles. The first-order chi connectivity index (χ1) is 13.4. The van der Waals surface area contributed by atoms with E-state index in [0.717, 1.165) is 47.9 Å². The van der Waals surface area contributed by atoms with Crippen molar-refractivity contribution < 1.29 is 9.59 Å². The van der Waals surface area contributed by atoms with Crippen LogP contribution in [0, 0.1) is 13.8 Å². The summed E-state index contributed by atoms with van der Waals surface area (Å²) < 4.78 is 0. The van der Waals surface area contributed by atoms with Gasteiger partial charge in [-0.25, -0.2) is 0 Å². The van der Waals surface area contributed by atoms with Crippen molar-refractivity contribution in [3.05, 3.63) is 70.8 Å². The maximum Gasteiger partial charge on any atom is 0.275 e. The van der Waals surface area contributed by atoms with Gasteiger partial charge in [0.25, 0.3) is 5.91 Å². The van der Waals surface area contributed by atoms with E-state index in [-0.39, 0.29) is 5.91 Å². The fourth-order valence-electron chi connectivity index (χ4n) is 4.42. The van der Waals surface area contributed by atoms with Crippen LogP contribution in [0.4, 0.5) is 0 Å². The SMILES string of the molecule is Cc1ccc(C(C(N)=O)N2C(=O)C(c3ccccc3)=NC23CCCC3)cc1C. The summed E-state index contributed by atoms with van der Waals surface area (Å²) in [5, 5.41) is 0. The molecule has 0 radical (unpaired) electrons. The molecule has 5 nitrogen and oxygen atoms in total. The first-order valence-electron chi connectivity index (χ1n) is 9.78. The van der Waals surface area contributed by atoms with Gasteiger partial charge in [-0.2, -0.15) is 0 Å². The molecule has 0 saturated heterocycles. The summed E-state index contributed by atoms with van der Waals surface area (Å²) in [6.07, 6.45) is 3.47. The summed E-state index contributed by atoms with van der Waals surface area (Å²) in [7, 11) is 0. The zero-order valence-corrected chi connectivity index (χ0v) is 16.3. The van der Waals surface area contributed by atoms with Crippen LogP contribution in [0.5, 0.6) is 0 Å². The number of carbonyl (C=O) groups excluding carboxylic acids is 2. The van der Waals surface area contributed by atoms with Crippen molar-refractivity contribution >= 4 is 17.5 Å². The molecule has 1 spiro atoms. The molecular weight excluding hydrogens is 350 g/mol. The molecule has 5 heteroatoms. The summed E-state index contributed by atoms with van der Waals surface area (Å²) in [5.74, 6) is -0.734. The minimum Gasteiger partial charge on any atom is -0.368 e. The molecule has 4 rings (SSSR count). The second-order valence-corrected chi connectivity index (χ2v) is 7.84. The highest BCUT2D eigenvalue weighted by Gasteiger charge is 2.53. The van der Waals surface area contributed by atoms with Crippen molar-refractivity contribution in [1.29, 1.82) is 0 Å². The van der Waals surface area contributed by atoms with E-state index >= 15 is 0 Å². The second kappa shape index (κ2) is 6.89. The molecule has 2 N–H and O–H groups in total. The highest BCUT2D eigenvalue weighted by atomic mass is 16.2. The lowest BCUT2D eigenvalue weighted by atomic mass is 9.96. The number of primary amides is 1. The van der Waals surface area contributed by atoms with Crippen LogP contribution in [0.3, 0.4) is 0 Å². The van der Waals surface area contributed by atoms with Crippen molar-refractivity contribution in [2.75, 3.05) is 0 Å². The first-order valence-corrected chi connectivity index (χ1v) is 9.78. The number of benzene rings is 2. The van der Waals surface area contributed by atoms with E-state index in [0.29, 0.717) is 5.71 Å². The van der Waals surface area contributed by atoms with Gasteiger partial charge in [-0.3, -0.25) is 19.5 Å². The van der Waals surface area contributed by atoms with Gasteiger partial charge in [0.05, 0.1) is 0 Å². The molecule has 1 atom stereocenters. The summed E-state index contributed by atoms with van der Waals surface area (Å²) in [5.41, 5.74) is 9.34. The molecule has 28 heavy (non-hydrogen) atoms.